The van der Waals surface area contributed by atoms with E-state index in [1.165, 1.54) is 32.1 Å². The van der Waals surface area contributed by atoms with Gasteiger partial charge < -0.3 is 15.0 Å². The van der Waals surface area contributed by atoms with Crippen molar-refractivity contribution in [2.75, 3.05) is 24.7 Å². The molecule has 2 aromatic carbocycles. The number of carbonyl (C=O) groups is 1. The molecule has 1 amide bonds. The molecule has 1 aliphatic heterocycles. The quantitative estimate of drug-likeness (QED) is 0.519. The SMILES string of the molecule is CN1C(=NCC2CCCCC2)SCC1CC(=O)Nc1ccc(Oc2ccccc2)cc1.Cl. The van der Waals surface area contributed by atoms with E-state index in [1.54, 1.807) is 11.8 Å². The molecule has 1 aliphatic carbocycles. The van der Waals surface area contributed by atoms with Gasteiger partial charge in [-0.1, -0.05) is 49.2 Å². The zero-order chi connectivity index (χ0) is 21.5. The highest BCUT2D eigenvalue weighted by Crippen LogP contribution is 2.28. The molecule has 172 valence electrons. The van der Waals surface area contributed by atoms with Crippen LogP contribution in [0.3, 0.4) is 0 Å². The molecular weight excluding hydrogens is 442 g/mol. The number of amides is 1. The molecule has 4 rings (SSSR count). The number of benzene rings is 2. The lowest BCUT2D eigenvalue weighted by Gasteiger charge is -2.22. The van der Waals surface area contributed by atoms with Gasteiger partial charge in [0, 0.05) is 37.5 Å². The maximum Gasteiger partial charge on any atom is 0.226 e. The molecule has 1 heterocycles. The van der Waals surface area contributed by atoms with Crippen molar-refractivity contribution in [3.8, 4) is 11.5 Å². The third kappa shape index (κ3) is 6.91. The van der Waals surface area contributed by atoms with Crippen LogP contribution in [0.4, 0.5) is 5.69 Å². The Bertz CT molecular complexity index is 886. The minimum Gasteiger partial charge on any atom is -0.457 e. The van der Waals surface area contributed by atoms with Gasteiger partial charge in [-0.05, 0) is 55.2 Å². The Balaban J connectivity index is 0.00000289. The van der Waals surface area contributed by atoms with Gasteiger partial charge in [0.05, 0.1) is 0 Å². The van der Waals surface area contributed by atoms with Gasteiger partial charge in [-0.3, -0.25) is 9.79 Å². The minimum atomic E-state index is 0. The maximum atomic E-state index is 12.6. The summed E-state index contributed by atoms with van der Waals surface area (Å²) in [5.74, 6) is 3.23. The van der Waals surface area contributed by atoms with E-state index < -0.39 is 0 Å². The second-order valence-electron chi connectivity index (χ2n) is 8.39. The lowest BCUT2D eigenvalue weighted by molar-refractivity contribution is -0.116. The number of para-hydroxylation sites is 1. The summed E-state index contributed by atoms with van der Waals surface area (Å²) in [6.07, 6.45) is 7.16. The minimum absolute atomic E-state index is 0. The average molecular weight is 474 g/mol. The normalized spacial score (nSPS) is 20.1. The Morgan fingerprint density at radius 1 is 1.06 bits per heavy atom. The Hall–Kier alpha value is -2.18. The number of anilines is 1. The van der Waals surface area contributed by atoms with E-state index in [-0.39, 0.29) is 24.4 Å². The van der Waals surface area contributed by atoms with E-state index in [0.29, 0.717) is 6.42 Å². The van der Waals surface area contributed by atoms with Crippen LogP contribution >= 0.6 is 24.2 Å². The van der Waals surface area contributed by atoms with Crippen LogP contribution in [0.1, 0.15) is 38.5 Å². The lowest BCUT2D eigenvalue weighted by atomic mass is 9.89. The number of amidine groups is 1. The smallest absolute Gasteiger partial charge is 0.226 e. The zero-order valence-corrected chi connectivity index (χ0v) is 20.2. The van der Waals surface area contributed by atoms with E-state index in [0.717, 1.165) is 40.6 Å². The third-order valence-corrected chi connectivity index (χ3v) is 7.23. The molecule has 1 saturated carbocycles. The van der Waals surface area contributed by atoms with Crippen LogP contribution in [-0.2, 0) is 4.79 Å². The highest BCUT2D eigenvalue weighted by atomic mass is 35.5. The van der Waals surface area contributed by atoms with Crippen LogP contribution in [0.15, 0.2) is 59.6 Å². The first-order valence-electron chi connectivity index (χ1n) is 11.2. The number of aliphatic imine (C=N–C) groups is 1. The fourth-order valence-corrected chi connectivity index (χ4v) is 5.33. The number of thioether (sulfide) groups is 1. The van der Waals surface area contributed by atoms with Crippen LogP contribution in [-0.4, -0.2) is 41.4 Å². The average Bonchev–Trinajstić information content (AvgIpc) is 3.14. The number of ether oxygens (including phenoxy) is 1. The predicted molar refractivity (Wildman–Crippen MR) is 136 cm³/mol. The second kappa shape index (κ2) is 12.2. The first-order valence-corrected chi connectivity index (χ1v) is 12.2. The van der Waals surface area contributed by atoms with Crippen molar-refractivity contribution in [3.05, 3.63) is 54.6 Å². The zero-order valence-electron chi connectivity index (χ0n) is 18.5. The largest absolute Gasteiger partial charge is 0.457 e. The topological polar surface area (TPSA) is 53.9 Å². The van der Waals surface area contributed by atoms with Gasteiger partial charge in [-0.15, -0.1) is 12.4 Å². The van der Waals surface area contributed by atoms with Crippen LogP contribution in [0.25, 0.3) is 0 Å². The van der Waals surface area contributed by atoms with E-state index in [4.69, 9.17) is 9.73 Å². The van der Waals surface area contributed by atoms with Crippen LogP contribution in [0.5, 0.6) is 11.5 Å². The van der Waals surface area contributed by atoms with Crippen molar-refractivity contribution >= 4 is 40.9 Å². The fraction of sp³-hybridized carbons (Fsp3) is 0.440. The lowest BCUT2D eigenvalue weighted by Crippen LogP contribution is -2.33. The van der Waals surface area contributed by atoms with Gasteiger partial charge in [-0.25, -0.2) is 0 Å². The van der Waals surface area contributed by atoms with Crippen LogP contribution in [0, 0.1) is 5.92 Å². The maximum absolute atomic E-state index is 12.6. The number of nitrogens with zero attached hydrogens (tertiary/aromatic N) is 2. The molecule has 32 heavy (non-hydrogen) atoms. The Morgan fingerprint density at radius 2 is 1.75 bits per heavy atom. The van der Waals surface area contributed by atoms with Gasteiger partial charge in [0.2, 0.25) is 5.91 Å². The summed E-state index contributed by atoms with van der Waals surface area (Å²) in [5.41, 5.74) is 0.782. The fourth-order valence-electron chi connectivity index (χ4n) is 4.13. The first kappa shape index (κ1) is 24.5. The Morgan fingerprint density at radius 3 is 2.47 bits per heavy atom. The van der Waals surface area contributed by atoms with Gasteiger partial charge in [0.1, 0.15) is 11.5 Å². The Kier molecular flexibility index (Phi) is 9.30. The molecule has 1 N–H and O–H groups in total. The molecule has 1 atom stereocenters. The number of rotatable bonds is 7. The number of nitrogens with one attached hydrogen (secondary N) is 1. The summed E-state index contributed by atoms with van der Waals surface area (Å²) < 4.78 is 5.80. The van der Waals surface area contributed by atoms with Gasteiger partial charge in [0.15, 0.2) is 5.17 Å². The molecule has 7 heteroatoms. The summed E-state index contributed by atoms with van der Waals surface area (Å²) >= 11 is 1.78. The van der Waals surface area contributed by atoms with E-state index in [9.17, 15) is 4.79 Å². The van der Waals surface area contributed by atoms with E-state index in [2.05, 4.69) is 17.3 Å². The molecule has 0 spiro atoms. The molecule has 1 saturated heterocycles. The van der Waals surface area contributed by atoms with Gasteiger partial charge >= 0.3 is 0 Å². The summed E-state index contributed by atoms with van der Waals surface area (Å²) in [4.78, 5) is 19.6. The van der Waals surface area contributed by atoms with Crippen molar-refractivity contribution in [3.63, 3.8) is 0 Å². The van der Waals surface area contributed by atoms with E-state index >= 15 is 0 Å². The third-order valence-electron chi connectivity index (χ3n) is 6.00. The van der Waals surface area contributed by atoms with Crippen LogP contribution < -0.4 is 10.1 Å². The molecule has 1 unspecified atom stereocenters. The molecule has 2 fully saturated rings. The van der Waals surface area contributed by atoms with Gasteiger partial charge in [-0.2, -0.15) is 0 Å². The summed E-state index contributed by atoms with van der Waals surface area (Å²) in [5, 5.41) is 4.10. The number of halogens is 1. The molecule has 5 nitrogen and oxygen atoms in total. The molecule has 2 aliphatic rings. The summed E-state index contributed by atoms with van der Waals surface area (Å²) in [7, 11) is 2.06. The van der Waals surface area contributed by atoms with Gasteiger partial charge in [0.25, 0.3) is 0 Å². The standard InChI is InChI=1S/C25H31N3O2S.ClH/c1-28-21(18-31-25(28)26-17-19-8-4-2-5-9-19)16-24(29)27-20-12-14-23(15-13-20)30-22-10-6-3-7-11-22;/h3,6-7,10-15,19,21H,2,4-5,8-9,16-18H2,1H3,(H,27,29);1H. The van der Waals surface area contributed by atoms with Crippen molar-refractivity contribution < 1.29 is 9.53 Å². The molecule has 2 aromatic rings. The number of hydrogen-bond donors (Lipinski definition) is 1. The highest BCUT2D eigenvalue weighted by molar-refractivity contribution is 8.14. The first-order chi connectivity index (χ1) is 15.2. The Labute approximate surface area is 201 Å². The van der Waals surface area contributed by atoms with Crippen LogP contribution in [0.2, 0.25) is 0 Å². The number of hydrogen-bond acceptors (Lipinski definition) is 4. The predicted octanol–water partition coefficient (Wildman–Crippen LogP) is 6.21. The molecule has 0 bridgehead atoms. The van der Waals surface area contributed by atoms with Crippen molar-refractivity contribution in [2.45, 2.75) is 44.6 Å². The summed E-state index contributed by atoms with van der Waals surface area (Å²) in [6, 6.07) is 17.3. The number of carbonyl (C=O) groups excluding carboxylic acids is 1. The highest BCUT2D eigenvalue weighted by Gasteiger charge is 2.29. The van der Waals surface area contributed by atoms with E-state index in [1.807, 2.05) is 54.6 Å². The summed E-state index contributed by atoms with van der Waals surface area (Å²) in [6.45, 7) is 0.934. The van der Waals surface area contributed by atoms with Crippen molar-refractivity contribution in [1.82, 2.24) is 4.90 Å². The van der Waals surface area contributed by atoms with Crippen molar-refractivity contribution in [2.24, 2.45) is 10.9 Å². The van der Waals surface area contributed by atoms with Crippen molar-refractivity contribution in [1.29, 1.82) is 0 Å². The second-order valence-corrected chi connectivity index (χ2v) is 9.38. The molecular formula is C25H32ClN3O2S. The molecule has 0 aromatic heterocycles. The molecule has 0 radical (unpaired) electrons. The monoisotopic (exact) mass is 473 g/mol.